The van der Waals surface area contributed by atoms with Crippen molar-refractivity contribution in [2.75, 3.05) is 7.11 Å². The minimum Gasteiger partial charge on any atom is -0.495 e. The third-order valence-electron chi connectivity index (χ3n) is 1.30. The lowest BCUT2D eigenvalue weighted by Gasteiger charge is -2.03. The fourth-order valence-electron chi connectivity index (χ4n) is 0.754. The van der Waals surface area contributed by atoms with Crippen LogP contribution in [0, 0.1) is 0 Å². The van der Waals surface area contributed by atoms with Crippen LogP contribution >= 0.6 is 15.9 Å². The summed E-state index contributed by atoms with van der Waals surface area (Å²) in [6.07, 6.45) is 0. The molecule has 1 heterocycles. The molecule has 4 nitrogen and oxygen atoms in total. The summed E-state index contributed by atoms with van der Waals surface area (Å²) in [4.78, 5) is 10.8. The second-order valence-electron chi connectivity index (χ2n) is 2.03. The number of halogens is 1. The molecule has 12 heavy (non-hydrogen) atoms. The highest BCUT2D eigenvalue weighted by Gasteiger charge is 2.09. The SMILES string of the molecule is COc1cc(=O)oc(CO)c1Br. The lowest BCUT2D eigenvalue weighted by molar-refractivity contribution is 0.235. The van der Waals surface area contributed by atoms with Crippen molar-refractivity contribution in [3.05, 3.63) is 26.7 Å². The van der Waals surface area contributed by atoms with Crippen LogP contribution in [0.3, 0.4) is 0 Å². The number of hydrogen-bond donors (Lipinski definition) is 1. The first-order valence-electron chi connectivity index (χ1n) is 3.16. The Labute approximate surface area is 76.9 Å². The largest absolute Gasteiger partial charge is 0.495 e. The maximum absolute atomic E-state index is 10.8. The van der Waals surface area contributed by atoms with E-state index in [1.165, 1.54) is 13.2 Å². The summed E-state index contributed by atoms with van der Waals surface area (Å²) in [5.41, 5.74) is -0.542. The van der Waals surface area contributed by atoms with E-state index < -0.39 is 5.63 Å². The first-order valence-corrected chi connectivity index (χ1v) is 3.95. The van der Waals surface area contributed by atoms with Gasteiger partial charge in [0.25, 0.3) is 0 Å². The predicted molar refractivity (Wildman–Crippen MR) is 45.2 cm³/mol. The van der Waals surface area contributed by atoms with E-state index in [2.05, 4.69) is 20.3 Å². The topological polar surface area (TPSA) is 59.7 Å². The number of ether oxygens (including phenoxy) is 1. The minimum atomic E-state index is -0.542. The van der Waals surface area contributed by atoms with Crippen LogP contribution in [0.4, 0.5) is 0 Å². The summed E-state index contributed by atoms with van der Waals surface area (Å²) in [5, 5.41) is 8.74. The maximum Gasteiger partial charge on any atom is 0.339 e. The second kappa shape index (κ2) is 3.73. The molecule has 0 spiro atoms. The van der Waals surface area contributed by atoms with Gasteiger partial charge in [-0.25, -0.2) is 4.79 Å². The zero-order valence-corrected chi connectivity index (χ0v) is 7.92. The Morgan fingerprint density at radius 2 is 2.42 bits per heavy atom. The number of rotatable bonds is 2. The first kappa shape index (κ1) is 9.28. The van der Waals surface area contributed by atoms with E-state index in [-0.39, 0.29) is 12.4 Å². The molecule has 0 saturated carbocycles. The van der Waals surface area contributed by atoms with Gasteiger partial charge in [-0.2, -0.15) is 0 Å². The van der Waals surface area contributed by atoms with Crippen molar-refractivity contribution in [2.24, 2.45) is 0 Å². The van der Waals surface area contributed by atoms with Crippen molar-refractivity contribution in [3.8, 4) is 5.75 Å². The first-order chi connectivity index (χ1) is 5.69. The number of aliphatic hydroxyl groups is 1. The molecular weight excluding hydrogens is 228 g/mol. The maximum atomic E-state index is 10.8. The molecule has 1 aromatic heterocycles. The molecule has 0 aromatic carbocycles. The van der Waals surface area contributed by atoms with E-state index >= 15 is 0 Å². The van der Waals surface area contributed by atoms with Gasteiger partial charge < -0.3 is 14.3 Å². The third-order valence-corrected chi connectivity index (χ3v) is 2.13. The summed E-state index contributed by atoms with van der Waals surface area (Å²) < 4.78 is 9.98. The molecule has 0 unspecified atom stereocenters. The highest BCUT2D eigenvalue weighted by molar-refractivity contribution is 9.10. The minimum absolute atomic E-state index is 0.166. The summed E-state index contributed by atoms with van der Waals surface area (Å²) in [6, 6.07) is 1.20. The predicted octanol–water partition coefficient (Wildman–Crippen LogP) is 0.903. The monoisotopic (exact) mass is 234 g/mol. The Morgan fingerprint density at radius 3 is 2.92 bits per heavy atom. The van der Waals surface area contributed by atoms with Gasteiger partial charge >= 0.3 is 5.63 Å². The van der Waals surface area contributed by atoms with E-state index in [9.17, 15) is 4.79 Å². The summed E-state index contributed by atoms with van der Waals surface area (Å²) in [7, 11) is 1.43. The zero-order chi connectivity index (χ0) is 9.14. The van der Waals surface area contributed by atoms with E-state index in [1.807, 2.05) is 0 Å². The van der Waals surface area contributed by atoms with Gasteiger partial charge in [0.15, 0.2) is 5.76 Å². The van der Waals surface area contributed by atoms with Crippen molar-refractivity contribution < 1.29 is 14.3 Å². The molecule has 5 heteroatoms. The smallest absolute Gasteiger partial charge is 0.339 e. The van der Waals surface area contributed by atoms with E-state index in [1.54, 1.807) is 0 Å². The Kier molecular flexibility index (Phi) is 2.88. The second-order valence-corrected chi connectivity index (χ2v) is 2.82. The Bertz CT molecular complexity index is 302. The van der Waals surface area contributed by atoms with Crippen molar-refractivity contribution in [1.29, 1.82) is 0 Å². The Hall–Kier alpha value is -0.810. The highest BCUT2D eigenvalue weighted by atomic mass is 79.9. The van der Waals surface area contributed by atoms with Gasteiger partial charge in [0.05, 0.1) is 13.2 Å². The van der Waals surface area contributed by atoms with Crippen LogP contribution in [0.25, 0.3) is 0 Å². The van der Waals surface area contributed by atoms with Gasteiger partial charge in [0.1, 0.15) is 16.8 Å². The fourth-order valence-corrected chi connectivity index (χ4v) is 1.24. The highest BCUT2D eigenvalue weighted by Crippen LogP contribution is 2.26. The van der Waals surface area contributed by atoms with E-state index in [4.69, 9.17) is 9.84 Å². The fraction of sp³-hybridized carbons (Fsp3) is 0.286. The van der Waals surface area contributed by atoms with Crippen LogP contribution in [0.15, 0.2) is 19.8 Å². The normalized spacial score (nSPS) is 9.92. The van der Waals surface area contributed by atoms with Gasteiger partial charge in [-0.3, -0.25) is 0 Å². The standard InChI is InChI=1S/C7H7BrO4/c1-11-4-2-6(10)12-5(3-9)7(4)8/h2,9H,3H2,1H3. The average molecular weight is 235 g/mol. The molecule has 0 fully saturated rings. The van der Waals surface area contributed by atoms with Crippen molar-refractivity contribution in [1.82, 2.24) is 0 Å². The molecule has 0 atom stereocenters. The molecule has 0 radical (unpaired) electrons. The number of aliphatic hydroxyl groups excluding tert-OH is 1. The van der Waals surface area contributed by atoms with Gasteiger partial charge in [-0.15, -0.1) is 0 Å². The van der Waals surface area contributed by atoms with Crippen LogP contribution < -0.4 is 10.4 Å². The third kappa shape index (κ3) is 1.67. The van der Waals surface area contributed by atoms with Gasteiger partial charge in [-0.1, -0.05) is 0 Å². The Morgan fingerprint density at radius 1 is 1.75 bits per heavy atom. The molecule has 1 rings (SSSR count). The van der Waals surface area contributed by atoms with Crippen LogP contribution in [0.1, 0.15) is 5.76 Å². The van der Waals surface area contributed by atoms with Crippen LogP contribution in [-0.4, -0.2) is 12.2 Å². The van der Waals surface area contributed by atoms with Gasteiger partial charge in [-0.05, 0) is 15.9 Å². The van der Waals surface area contributed by atoms with Crippen molar-refractivity contribution in [3.63, 3.8) is 0 Å². The molecule has 0 aliphatic heterocycles. The van der Waals surface area contributed by atoms with Crippen LogP contribution in [0.2, 0.25) is 0 Å². The molecule has 0 aliphatic carbocycles. The van der Waals surface area contributed by atoms with E-state index in [0.29, 0.717) is 10.2 Å². The average Bonchev–Trinajstić information content (AvgIpc) is 2.08. The molecule has 0 saturated heterocycles. The number of methoxy groups -OCH3 is 1. The zero-order valence-electron chi connectivity index (χ0n) is 6.33. The number of hydrogen-bond acceptors (Lipinski definition) is 4. The van der Waals surface area contributed by atoms with Gasteiger partial charge in [0, 0.05) is 0 Å². The van der Waals surface area contributed by atoms with Crippen LogP contribution in [-0.2, 0) is 6.61 Å². The Balaban J connectivity index is 3.32. The molecule has 66 valence electrons. The van der Waals surface area contributed by atoms with Crippen molar-refractivity contribution >= 4 is 15.9 Å². The van der Waals surface area contributed by atoms with E-state index in [0.717, 1.165) is 0 Å². The van der Waals surface area contributed by atoms with Gasteiger partial charge in [0.2, 0.25) is 0 Å². The molecule has 0 aliphatic rings. The molecule has 0 bridgehead atoms. The summed E-state index contributed by atoms with van der Waals surface area (Å²) in [5.74, 6) is 0.523. The molecule has 1 aromatic rings. The summed E-state index contributed by atoms with van der Waals surface area (Å²) >= 11 is 3.12. The summed E-state index contributed by atoms with van der Waals surface area (Å²) in [6.45, 7) is -0.340. The quantitative estimate of drug-likeness (QED) is 0.827. The lowest BCUT2D eigenvalue weighted by Crippen LogP contribution is -2.02. The molecular formula is C7H7BrO4. The van der Waals surface area contributed by atoms with Crippen molar-refractivity contribution in [2.45, 2.75) is 6.61 Å². The molecule has 0 amide bonds. The van der Waals surface area contributed by atoms with Crippen LogP contribution in [0.5, 0.6) is 5.75 Å². The molecule has 1 N–H and O–H groups in total. The lowest BCUT2D eigenvalue weighted by atomic mass is 10.4.